The number of para-hydroxylation sites is 2. The monoisotopic (exact) mass is 348 g/mol. The molecule has 1 heterocycles. The summed E-state index contributed by atoms with van der Waals surface area (Å²) < 4.78 is 5.76. The summed E-state index contributed by atoms with van der Waals surface area (Å²) in [5.41, 5.74) is 4.05. The van der Waals surface area contributed by atoms with Crippen LogP contribution in [0.2, 0.25) is 0 Å². The minimum absolute atomic E-state index is 0.432. The number of fused-ring (bicyclic) bond motifs is 2. The van der Waals surface area contributed by atoms with Crippen molar-refractivity contribution < 1.29 is 9.84 Å². The number of nitrogens with zero attached hydrogens (tertiary/aromatic N) is 1. The van der Waals surface area contributed by atoms with Gasteiger partial charge in [0.15, 0.2) is 0 Å². The number of nitrogens with one attached hydrogen (secondary N) is 1. The minimum Gasteiger partial charge on any atom is -0.494 e. The molecule has 4 heteroatoms. The number of pyridine rings is 1. The molecule has 0 radical (unpaired) electrons. The first kappa shape index (κ1) is 16.9. The Bertz CT molecular complexity index is 880. The number of benzene rings is 2. The van der Waals surface area contributed by atoms with Gasteiger partial charge in [-0.25, -0.2) is 0 Å². The van der Waals surface area contributed by atoms with E-state index in [9.17, 15) is 5.11 Å². The van der Waals surface area contributed by atoms with Crippen LogP contribution in [0.25, 0.3) is 10.9 Å². The average molecular weight is 348 g/mol. The van der Waals surface area contributed by atoms with Gasteiger partial charge in [-0.1, -0.05) is 36.4 Å². The Balaban J connectivity index is 1.49. The maximum atomic E-state index is 10.5. The molecule has 26 heavy (non-hydrogen) atoms. The van der Waals surface area contributed by atoms with Crippen LogP contribution in [0.15, 0.2) is 54.6 Å². The first-order valence-corrected chi connectivity index (χ1v) is 9.34. The molecular formula is C22H24N2O2. The van der Waals surface area contributed by atoms with Crippen molar-refractivity contribution in [2.45, 2.75) is 31.8 Å². The molecule has 0 bridgehead atoms. The van der Waals surface area contributed by atoms with Gasteiger partial charge in [-0.2, -0.15) is 0 Å². The van der Waals surface area contributed by atoms with Gasteiger partial charge in [0.25, 0.3) is 0 Å². The SMILES string of the molecule is OC1CCCc2nc3ccccc3c(NCCCOc3ccccc3)c21. The fourth-order valence-electron chi connectivity index (χ4n) is 3.62. The number of hydrogen-bond donors (Lipinski definition) is 2. The van der Waals surface area contributed by atoms with Crippen LogP contribution in [0, 0.1) is 0 Å². The molecule has 0 spiro atoms. The molecule has 134 valence electrons. The highest BCUT2D eigenvalue weighted by atomic mass is 16.5. The average Bonchev–Trinajstić information content (AvgIpc) is 2.68. The van der Waals surface area contributed by atoms with Crippen LogP contribution in [0.3, 0.4) is 0 Å². The molecule has 2 N–H and O–H groups in total. The van der Waals surface area contributed by atoms with E-state index in [4.69, 9.17) is 9.72 Å². The summed E-state index contributed by atoms with van der Waals surface area (Å²) in [4.78, 5) is 4.79. The maximum Gasteiger partial charge on any atom is 0.119 e. The zero-order valence-electron chi connectivity index (χ0n) is 14.8. The molecule has 4 rings (SSSR count). The number of aryl methyl sites for hydroxylation is 1. The zero-order chi connectivity index (χ0) is 17.8. The predicted molar refractivity (Wildman–Crippen MR) is 105 cm³/mol. The number of aromatic nitrogens is 1. The first-order chi connectivity index (χ1) is 12.8. The van der Waals surface area contributed by atoms with Crippen molar-refractivity contribution in [1.29, 1.82) is 0 Å². The highest BCUT2D eigenvalue weighted by Crippen LogP contribution is 2.38. The number of rotatable bonds is 6. The summed E-state index contributed by atoms with van der Waals surface area (Å²) in [6, 6.07) is 18.0. The summed E-state index contributed by atoms with van der Waals surface area (Å²) in [6.45, 7) is 1.45. The normalized spacial score (nSPS) is 16.3. The summed E-state index contributed by atoms with van der Waals surface area (Å²) in [5, 5.41) is 15.2. The predicted octanol–water partition coefficient (Wildman–Crippen LogP) is 4.49. The second kappa shape index (κ2) is 7.75. The van der Waals surface area contributed by atoms with Crippen LogP contribution in [-0.4, -0.2) is 23.2 Å². The number of aliphatic hydroxyl groups excluding tert-OH is 1. The lowest BCUT2D eigenvalue weighted by atomic mass is 9.90. The van der Waals surface area contributed by atoms with Gasteiger partial charge in [0, 0.05) is 23.2 Å². The van der Waals surface area contributed by atoms with E-state index in [1.807, 2.05) is 48.5 Å². The Labute approximate surface area is 153 Å². The van der Waals surface area contributed by atoms with Crippen LogP contribution < -0.4 is 10.1 Å². The molecular weight excluding hydrogens is 324 g/mol. The third-order valence-electron chi connectivity index (χ3n) is 4.87. The van der Waals surface area contributed by atoms with E-state index in [-0.39, 0.29) is 0 Å². The van der Waals surface area contributed by atoms with Crippen LogP contribution >= 0.6 is 0 Å². The lowest BCUT2D eigenvalue weighted by molar-refractivity contribution is 0.156. The Morgan fingerprint density at radius 2 is 1.88 bits per heavy atom. The van der Waals surface area contributed by atoms with E-state index >= 15 is 0 Å². The molecule has 2 aromatic carbocycles. The van der Waals surface area contributed by atoms with Crippen molar-refractivity contribution in [3.05, 3.63) is 65.9 Å². The highest BCUT2D eigenvalue weighted by molar-refractivity contribution is 5.93. The van der Waals surface area contributed by atoms with Crippen LogP contribution in [0.1, 0.15) is 36.6 Å². The topological polar surface area (TPSA) is 54.4 Å². The number of anilines is 1. The Morgan fingerprint density at radius 3 is 2.77 bits per heavy atom. The van der Waals surface area contributed by atoms with Crippen molar-refractivity contribution in [2.75, 3.05) is 18.5 Å². The molecule has 0 fully saturated rings. The molecule has 1 aromatic heterocycles. The van der Waals surface area contributed by atoms with Crippen molar-refractivity contribution >= 4 is 16.6 Å². The van der Waals surface area contributed by atoms with Crippen LogP contribution in [-0.2, 0) is 6.42 Å². The van der Waals surface area contributed by atoms with Gasteiger partial charge < -0.3 is 15.2 Å². The van der Waals surface area contributed by atoms with Gasteiger partial charge in [0.1, 0.15) is 5.75 Å². The third kappa shape index (κ3) is 3.51. The van der Waals surface area contributed by atoms with Gasteiger partial charge in [-0.15, -0.1) is 0 Å². The fourth-order valence-corrected chi connectivity index (χ4v) is 3.62. The summed E-state index contributed by atoms with van der Waals surface area (Å²) in [7, 11) is 0. The molecule has 1 atom stereocenters. The van der Waals surface area contributed by atoms with Crippen molar-refractivity contribution in [1.82, 2.24) is 4.98 Å². The molecule has 0 aliphatic heterocycles. The third-order valence-corrected chi connectivity index (χ3v) is 4.87. The van der Waals surface area contributed by atoms with Gasteiger partial charge in [-0.3, -0.25) is 4.98 Å². The number of hydrogen-bond acceptors (Lipinski definition) is 4. The molecule has 3 aromatic rings. The molecule has 4 nitrogen and oxygen atoms in total. The smallest absolute Gasteiger partial charge is 0.119 e. The Morgan fingerprint density at radius 1 is 1.08 bits per heavy atom. The first-order valence-electron chi connectivity index (χ1n) is 9.34. The van der Waals surface area contributed by atoms with Crippen molar-refractivity contribution in [3.63, 3.8) is 0 Å². The molecule has 1 aliphatic carbocycles. The van der Waals surface area contributed by atoms with E-state index in [0.717, 1.165) is 65.8 Å². The number of ether oxygens (including phenoxy) is 1. The summed E-state index contributed by atoms with van der Waals surface area (Å²) in [5.74, 6) is 0.898. The van der Waals surface area contributed by atoms with E-state index in [1.165, 1.54) is 0 Å². The summed E-state index contributed by atoms with van der Waals surface area (Å²) in [6.07, 6.45) is 3.18. The largest absolute Gasteiger partial charge is 0.494 e. The number of aliphatic hydroxyl groups is 1. The fraction of sp³-hybridized carbons (Fsp3) is 0.318. The van der Waals surface area contributed by atoms with Crippen LogP contribution in [0.4, 0.5) is 5.69 Å². The molecule has 0 saturated heterocycles. The van der Waals surface area contributed by atoms with E-state index < -0.39 is 6.10 Å². The van der Waals surface area contributed by atoms with Crippen LogP contribution in [0.5, 0.6) is 5.75 Å². The van der Waals surface area contributed by atoms with Gasteiger partial charge in [0.2, 0.25) is 0 Å². The van der Waals surface area contributed by atoms with E-state index in [1.54, 1.807) is 0 Å². The minimum atomic E-state index is -0.432. The standard InChI is InChI=1S/C22H24N2O2/c25-20-13-6-12-19-21(20)22(17-10-4-5-11-18(17)24-19)23-14-7-15-26-16-8-2-1-3-9-16/h1-5,8-11,20,25H,6-7,12-15H2,(H,23,24). The van der Waals surface area contributed by atoms with Gasteiger partial charge >= 0.3 is 0 Å². The van der Waals surface area contributed by atoms with E-state index in [0.29, 0.717) is 6.61 Å². The second-order valence-electron chi connectivity index (χ2n) is 6.71. The molecule has 1 aliphatic rings. The molecule has 0 saturated carbocycles. The lowest BCUT2D eigenvalue weighted by Crippen LogP contribution is -2.16. The van der Waals surface area contributed by atoms with Crippen molar-refractivity contribution in [3.8, 4) is 5.75 Å². The molecule has 0 amide bonds. The quantitative estimate of drug-likeness (QED) is 0.645. The lowest BCUT2D eigenvalue weighted by Gasteiger charge is -2.25. The maximum absolute atomic E-state index is 10.5. The van der Waals surface area contributed by atoms with E-state index in [2.05, 4.69) is 11.4 Å². The van der Waals surface area contributed by atoms with Gasteiger partial charge in [0.05, 0.1) is 23.9 Å². The summed E-state index contributed by atoms with van der Waals surface area (Å²) >= 11 is 0. The second-order valence-corrected chi connectivity index (χ2v) is 6.71. The Kier molecular flexibility index (Phi) is 5.02. The highest BCUT2D eigenvalue weighted by Gasteiger charge is 2.24. The van der Waals surface area contributed by atoms with Gasteiger partial charge in [-0.05, 0) is 43.9 Å². The molecule has 1 unspecified atom stereocenters. The Hall–Kier alpha value is -2.59. The van der Waals surface area contributed by atoms with Crippen molar-refractivity contribution in [2.24, 2.45) is 0 Å². The zero-order valence-corrected chi connectivity index (χ0v) is 14.8.